The van der Waals surface area contributed by atoms with Crippen LogP contribution in [0, 0.1) is 0 Å². The molecule has 0 radical (unpaired) electrons. The summed E-state index contributed by atoms with van der Waals surface area (Å²) >= 11 is 0. The first kappa shape index (κ1) is 18.5. The van der Waals surface area contributed by atoms with E-state index in [0.29, 0.717) is 0 Å². The number of rotatable bonds is 6. The van der Waals surface area contributed by atoms with E-state index in [2.05, 4.69) is 81.4 Å². The molecule has 1 aromatic heterocycles. The smallest absolute Gasteiger partial charge is 0.193 e. The van der Waals surface area contributed by atoms with Gasteiger partial charge in [-0.15, -0.1) is 0 Å². The second-order valence-electron chi connectivity index (χ2n) is 7.09. The second kappa shape index (κ2) is 8.90. The molecule has 2 heterocycles. The van der Waals surface area contributed by atoms with E-state index in [9.17, 15) is 0 Å². The first-order valence-electron chi connectivity index (χ1n) is 9.48. The van der Waals surface area contributed by atoms with E-state index in [-0.39, 0.29) is 0 Å². The number of nitrogens with zero attached hydrogens (tertiary/aromatic N) is 4. The van der Waals surface area contributed by atoms with Gasteiger partial charge in [0.2, 0.25) is 0 Å². The lowest BCUT2D eigenvalue weighted by atomic mass is 10.00. The Bertz CT molecular complexity index is 734. The first-order valence-corrected chi connectivity index (χ1v) is 9.48. The lowest BCUT2D eigenvalue weighted by Gasteiger charge is -2.29. The highest BCUT2D eigenvalue weighted by Crippen LogP contribution is 2.18. The minimum atomic E-state index is 0.853. The van der Waals surface area contributed by atoms with Gasteiger partial charge in [-0.25, -0.2) is 0 Å². The van der Waals surface area contributed by atoms with E-state index in [1.807, 2.05) is 7.05 Å². The lowest BCUT2D eigenvalue weighted by molar-refractivity contribution is 0.251. The molecule has 140 valence electrons. The Labute approximate surface area is 157 Å². The Morgan fingerprint density at radius 1 is 1.19 bits per heavy atom. The van der Waals surface area contributed by atoms with E-state index in [1.165, 1.54) is 29.8 Å². The Kier molecular flexibility index (Phi) is 6.34. The highest BCUT2D eigenvalue weighted by atomic mass is 15.3. The largest absolute Gasteiger partial charge is 0.356 e. The molecule has 0 bridgehead atoms. The number of fused-ring (bicyclic) bond motifs is 1. The topological polar surface area (TPSA) is 35.8 Å². The van der Waals surface area contributed by atoms with E-state index >= 15 is 0 Å². The van der Waals surface area contributed by atoms with Crippen LogP contribution in [0.15, 0.2) is 47.6 Å². The summed E-state index contributed by atoms with van der Waals surface area (Å²) < 4.78 is 2.15. The highest BCUT2D eigenvalue weighted by Gasteiger charge is 2.15. The zero-order valence-electron chi connectivity index (χ0n) is 16.3. The third kappa shape index (κ3) is 4.67. The molecule has 0 unspecified atom stereocenters. The van der Waals surface area contributed by atoms with Crippen molar-refractivity contribution >= 4 is 5.96 Å². The zero-order valence-corrected chi connectivity index (χ0v) is 16.3. The molecule has 0 aliphatic carbocycles. The van der Waals surface area contributed by atoms with E-state index in [0.717, 1.165) is 38.6 Å². The normalized spacial score (nSPS) is 15.0. The van der Waals surface area contributed by atoms with Crippen molar-refractivity contribution in [1.82, 2.24) is 19.7 Å². The fraction of sp³-hybridized carbons (Fsp3) is 0.476. The van der Waals surface area contributed by atoms with Crippen molar-refractivity contribution in [3.8, 4) is 0 Å². The molecule has 0 atom stereocenters. The Morgan fingerprint density at radius 2 is 2.00 bits per heavy atom. The van der Waals surface area contributed by atoms with Gasteiger partial charge in [0.05, 0.1) is 6.54 Å². The van der Waals surface area contributed by atoms with Crippen molar-refractivity contribution in [2.24, 2.45) is 12.0 Å². The second-order valence-corrected chi connectivity index (χ2v) is 7.09. The Hall–Kier alpha value is -2.27. The summed E-state index contributed by atoms with van der Waals surface area (Å²) in [4.78, 5) is 9.15. The average Bonchev–Trinajstić information content (AvgIpc) is 3.06. The van der Waals surface area contributed by atoms with Gasteiger partial charge < -0.3 is 14.8 Å². The van der Waals surface area contributed by atoms with Crippen molar-refractivity contribution in [2.75, 3.05) is 33.7 Å². The lowest BCUT2D eigenvalue weighted by Crippen LogP contribution is -2.40. The fourth-order valence-corrected chi connectivity index (χ4v) is 3.61. The number of hydrogen-bond donors (Lipinski definition) is 1. The number of hydrogen-bond acceptors (Lipinski definition) is 2. The predicted molar refractivity (Wildman–Crippen MR) is 108 cm³/mol. The molecule has 5 nitrogen and oxygen atoms in total. The molecule has 0 saturated heterocycles. The maximum Gasteiger partial charge on any atom is 0.193 e. The van der Waals surface area contributed by atoms with Gasteiger partial charge in [-0.3, -0.25) is 9.89 Å². The molecular formula is C21H31N5. The van der Waals surface area contributed by atoms with Crippen molar-refractivity contribution in [2.45, 2.75) is 25.9 Å². The standard InChI is InChI=1S/C21H31N5/c1-22-21(25(3)17-20-10-6-13-24(20)2)23-12-7-14-26-15-11-18-8-4-5-9-19(18)16-26/h4-6,8-10,13H,7,11-12,14-17H2,1-3H3,(H,22,23). The third-order valence-corrected chi connectivity index (χ3v) is 5.17. The number of aromatic nitrogens is 1. The van der Waals surface area contributed by atoms with Crippen LogP contribution in [-0.2, 0) is 26.6 Å². The van der Waals surface area contributed by atoms with E-state index in [4.69, 9.17) is 0 Å². The minimum absolute atomic E-state index is 0.853. The Balaban J connectivity index is 1.40. The summed E-state index contributed by atoms with van der Waals surface area (Å²) in [5.74, 6) is 0.954. The van der Waals surface area contributed by atoms with Gasteiger partial charge in [0.25, 0.3) is 0 Å². The maximum absolute atomic E-state index is 4.42. The van der Waals surface area contributed by atoms with Crippen LogP contribution in [0.1, 0.15) is 23.2 Å². The molecule has 0 spiro atoms. The van der Waals surface area contributed by atoms with Crippen molar-refractivity contribution in [1.29, 1.82) is 0 Å². The van der Waals surface area contributed by atoms with Crippen LogP contribution in [0.3, 0.4) is 0 Å². The van der Waals surface area contributed by atoms with Gasteiger partial charge in [-0.2, -0.15) is 0 Å². The van der Waals surface area contributed by atoms with Gasteiger partial charge in [0.15, 0.2) is 5.96 Å². The molecule has 1 aromatic carbocycles. The number of aliphatic imine (C=N–C) groups is 1. The summed E-state index contributed by atoms with van der Waals surface area (Å²) in [7, 11) is 6.02. The monoisotopic (exact) mass is 353 g/mol. The SMILES string of the molecule is CN=C(NCCCN1CCc2ccccc2C1)N(C)Cc1cccn1C. The van der Waals surface area contributed by atoms with Crippen LogP contribution in [-0.4, -0.2) is 54.1 Å². The molecular weight excluding hydrogens is 322 g/mol. The predicted octanol–water partition coefficient (Wildman–Crippen LogP) is 2.48. The van der Waals surface area contributed by atoms with Gasteiger partial charge >= 0.3 is 0 Å². The summed E-state index contributed by atoms with van der Waals surface area (Å²) in [5.41, 5.74) is 4.29. The van der Waals surface area contributed by atoms with E-state index in [1.54, 1.807) is 0 Å². The molecule has 1 aliphatic heterocycles. The van der Waals surface area contributed by atoms with Gasteiger partial charge in [-0.1, -0.05) is 24.3 Å². The molecule has 3 rings (SSSR count). The van der Waals surface area contributed by atoms with Crippen molar-refractivity contribution in [3.63, 3.8) is 0 Å². The molecule has 1 aliphatic rings. The summed E-state index contributed by atoms with van der Waals surface area (Å²) in [5, 5.41) is 3.50. The van der Waals surface area contributed by atoms with Crippen LogP contribution in [0.25, 0.3) is 0 Å². The van der Waals surface area contributed by atoms with Crippen LogP contribution in [0.5, 0.6) is 0 Å². The quantitative estimate of drug-likeness (QED) is 0.492. The molecule has 0 saturated carbocycles. The maximum atomic E-state index is 4.42. The van der Waals surface area contributed by atoms with Gasteiger partial charge in [0, 0.05) is 59.2 Å². The molecule has 0 amide bonds. The summed E-state index contributed by atoms with van der Waals surface area (Å²) in [6.07, 6.45) is 4.37. The van der Waals surface area contributed by atoms with Crippen LogP contribution >= 0.6 is 0 Å². The molecule has 2 aromatic rings. The third-order valence-electron chi connectivity index (χ3n) is 5.17. The number of benzene rings is 1. The van der Waals surface area contributed by atoms with Crippen LogP contribution in [0.4, 0.5) is 0 Å². The first-order chi connectivity index (χ1) is 12.7. The molecule has 0 fully saturated rings. The fourth-order valence-electron chi connectivity index (χ4n) is 3.61. The molecule has 5 heteroatoms. The Morgan fingerprint density at radius 3 is 2.73 bits per heavy atom. The van der Waals surface area contributed by atoms with Gasteiger partial charge in [-0.05, 0) is 36.1 Å². The van der Waals surface area contributed by atoms with E-state index < -0.39 is 0 Å². The number of nitrogens with one attached hydrogen (secondary N) is 1. The van der Waals surface area contributed by atoms with Crippen LogP contribution < -0.4 is 5.32 Å². The zero-order chi connectivity index (χ0) is 18.4. The van der Waals surface area contributed by atoms with Crippen molar-refractivity contribution in [3.05, 3.63) is 59.4 Å². The van der Waals surface area contributed by atoms with Gasteiger partial charge in [0.1, 0.15) is 0 Å². The number of aryl methyl sites for hydroxylation is 1. The molecule has 1 N–H and O–H groups in total. The minimum Gasteiger partial charge on any atom is -0.356 e. The summed E-state index contributed by atoms with van der Waals surface area (Å²) in [6.45, 7) is 5.17. The number of guanidine groups is 1. The highest BCUT2D eigenvalue weighted by molar-refractivity contribution is 5.79. The molecule has 26 heavy (non-hydrogen) atoms. The van der Waals surface area contributed by atoms with Crippen LogP contribution in [0.2, 0.25) is 0 Å². The van der Waals surface area contributed by atoms with Crippen molar-refractivity contribution < 1.29 is 0 Å². The summed E-state index contributed by atoms with van der Waals surface area (Å²) in [6, 6.07) is 13.1. The average molecular weight is 354 g/mol.